The van der Waals surface area contributed by atoms with Gasteiger partial charge < -0.3 is 14.7 Å². The Balaban J connectivity index is 1.89. The summed E-state index contributed by atoms with van der Waals surface area (Å²) < 4.78 is 42.6. The number of fused-ring (bicyclic) bond motifs is 1. The van der Waals surface area contributed by atoms with Gasteiger partial charge in [-0.3, -0.25) is 4.79 Å². The van der Waals surface area contributed by atoms with E-state index in [-0.39, 0.29) is 16.8 Å². The fourth-order valence-corrected chi connectivity index (χ4v) is 1.82. The number of benzene rings is 1. The summed E-state index contributed by atoms with van der Waals surface area (Å²) in [6.07, 6.45) is -3.20. The second kappa shape index (κ2) is 4.65. The van der Waals surface area contributed by atoms with E-state index in [1.165, 1.54) is 30.5 Å². The number of alkyl halides is 3. The molecule has 0 aliphatic heterocycles. The van der Waals surface area contributed by atoms with E-state index in [4.69, 9.17) is 4.42 Å². The molecule has 0 saturated carbocycles. The minimum atomic E-state index is -4.55. The Morgan fingerprint density at radius 3 is 2.76 bits per heavy atom. The fraction of sp³-hybridized carbons (Fsp3) is 0.0769. The first-order valence-electron chi connectivity index (χ1n) is 5.85. The molecule has 1 amide bonds. The van der Waals surface area contributed by atoms with Crippen LogP contribution in [0.1, 0.15) is 16.4 Å². The molecule has 0 fully saturated rings. The van der Waals surface area contributed by atoms with Crippen LogP contribution in [0.3, 0.4) is 0 Å². The van der Waals surface area contributed by atoms with Gasteiger partial charge in [-0.15, -0.1) is 0 Å². The highest BCUT2D eigenvalue weighted by atomic mass is 19.4. The molecule has 0 unspecified atom stereocenters. The van der Waals surface area contributed by atoms with Crippen molar-refractivity contribution in [3.63, 3.8) is 0 Å². The van der Waals surface area contributed by atoms with Crippen LogP contribution in [0.4, 0.5) is 18.9 Å². The predicted octanol–water partition coefficient (Wildman–Crippen LogP) is 3.43. The maximum atomic E-state index is 12.5. The lowest BCUT2D eigenvalue weighted by molar-refractivity contribution is -0.144. The van der Waals surface area contributed by atoms with Crippen LogP contribution in [-0.4, -0.2) is 15.9 Å². The molecule has 0 radical (unpaired) electrons. The minimum absolute atomic E-state index is 0.107. The van der Waals surface area contributed by atoms with Gasteiger partial charge in [-0.2, -0.15) is 13.2 Å². The number of furan rings is 1. The first kappa shape index (κ1) is 13.2. The van der Waals surface area contributed by atoms with Gasteiger partial charge in [-0.05, 0) is 30.3 Å². The lowest BCUT2D eigenvalue weighted by Crippen LogP contribution is -2.10. The number of H-pyrrole nitrogens is 1. The van der Waals surface area contributed by atoms with Crippen molar-refractivity contribution in [1.82, 2.24) is 9.97 Å². The van der Waals surface area contributed by atoms with Crippen LogP contribution >= 0.6 is 0 Å². The topological polar surface area (TPSA) is 70.9 Å². The molecule has 108 valence electrons. The predicted molar refractivity (Wildman–Crippen MR) is 67.8 cm³/mol. The normalized spacial score (nSPS) is 11.8. The van der Waals surface area contributed by atoms with Crippen LogP contribution in [0.2, 0.25) is 0 Å². The summed E-state index contributed by atoms with van der Waals surface area (Å²) in [4.78, 5) is 17.4. The van der Waals surface area contributed by atoms with Gasteiger partial charge in [0.2, 0.25) is 5.82 Å². The summed E-state index contributed by atoms with van der Waals surface area (Å²) in [5.41, 5.74) is 0.680. The van der Waals surface area contributed by atoms with Gasteiger partial charge in [0, 0.05) is 5.69 Å². The monoisotopic (exact) mass is 295 g/mol. The zero-order chi connectivity index (χ0) is 15.0. The highest BCUT2D eigenvalue weighted by molar-refractivity contribution is 6.03. The van der Waals surface area contributed by atoms with Gasteiger partial charge in [0.1, 0.15) is 0 Å². The van der Waals surface area contributed by atoms with Crippen LogP contribution in [0.15, 0.2) is 41.0 Å². The molecular weight excluding hydrogens is 287 g/mol. The third-order valence-electron chi connectivity index (χ3n) is 2.75. The zero-order valence-electron chi connectivity index (χ0n) is 10.4. The smallest absolute Gasteiger partial charge is 0.449 e. The number of hydrogen-bond donors (Lipinski definition) is 2. The molecule has 8 heteroatoms. The summed E-state index contributed by atoms with van der Waals surface area (Å²) in [5, 5.41) is 2.52. The van der Waals surface area contributed by atoms with E-state index >= 15 is 0 Å². The van der Waals surface area contributed by atoms with Crippen LogP contribution in [-0.2, 0) is 6.18 Å². The molecule has 2 heterocycles. The Morgan fingerprint density at radius 1 is 1.29 bits per heavy atom. The summed E-state index contributed by atoms with van der Waals surface area (Å²) >= 11 is 0. The number of hydrogen-bond acceptors (Lipinski definition) is 3. The van der Waals surface area contributed by atoms with E-state index in [0.717, 1.165) is 0 Å². The standard InChI is InChI=1S/C13H8F3N3O2/c14-13(15,16)12-18-8-4-3-7(6-9(8)19-12)17-11(20)10-2-1-5-21-10/h1-6H,(H,17,20)(H,18,19). The lowest BCUT2D eigenvalue weighted by Gasteiger charge is -2.02. The van der Waals surface area contributed by atoms with Crippen LogP contribution in [0.25, 0.3) is 11.0 Å². The molecule has 3 rings (SSSR count). The number of halogens is 3. The van der Waals surface area contributed by atoms with Gasteiger partial charge in [0.15, 0.2) is 5.76 Å². The lowest BCUT2D eigenvalue weighted by atomic mass is 10.2. The number of carbonyl (C=O) groups excluding carboxylic acids is 1. The van der Waals surface area contributed by atoms with Crippen LogP contribution in [0, 0.1) is 0 Å². The van der Waals surface area contributed by atoms with Crippen molar-refractivity contribution in [2.24, 2.45) is 0 Å². The highest BCUT2D eigenvalue weighted by Crippen LogP contribution is 2.29. The molecule has 0 aliphatic carbocycles. The fourth-order valence-electron chi connectivity index (χ4n) is 1.82. The molecule has 5 nitrogen and oxygen atoms in total. The molecule has 0 saturated heterocycles. The van der Waals surface area contributed by atoms with E-state index in [1.807, 2.05) is 0 Å². The van der Waals surface area contributed by atoms with Crippen LogP contribution < -0.4 is 5.32 Å². The third-order valence-corrected chi connectivity index (χ3v) is 2.75. The van der Waals surface area contributed by atoms with Crippen molar-refractivity contribution in [1.29, 1.82) is 0 Å². The zero-order valence-corrected chi connectivity index (χ0v) is 10.4. The van der Waals surface area contributed by atoms with Crippen LogP contribution in [0.5, 0.6) is 0 Å². The first-order valence-corrected chi connectivity index (χ1v) is 5.85. The number of nitrogens with zero attached hydrogens (tertiary/aromatic N) is 1. The molecule has 0 aliphatic rings. The second-order valence-electron chi connectivity index (χ2n) is 4.25. The Hall–Kier alpha value is -2.77. The largest absolute Gasteiger partial charge is 0.459 e. The third kappa shape index (κ3) is 2.60. The number of anilines is 1. The number of amides is 1. The van der Waals surface area contributed by atoms with Gasteiger partial charge in [-0.1, -0.05) is 0 Å². The first-order chi connectivity index (χ1) is 9.93. The van der Waals surface area contributed by atoms with Gasteiger partial charge >= 0.3 is 6.18 Å². The van der Waals surface area contributed by atoms with E-state index in [9.17, 15) is 18.0 Å². The maximum Gasteiger partial charge on any atom is 0.449 e. The number of rotatable bonds is 2. The Kier molecular flexibility index (Phi) is 2.93. The molecule has 3 aromatic rings. The molecular formula is C13H8F3N3O2. The van der Waals surface area contributed by atoms with E-state index in [1.54, 1.807) is 6.07 Å². The van der Waals surface area contributed by atoms with Crippen molar-refractivity contribution in [2.75, 3.05) is 5.32 Å². The Bertz CT molecular complexity index is 791. The number of aromatic amines is 1. The van der Waals surface area contributed by atoms with Gasteiger partial charge in [-0.25, -0.2) is 4.98 Å². The average molecular weight is 295 g/mol. The summed E-state index contributed by atoms with van der Waals surface area (Å²) in [7, 11) is 0. The van der Waals surface area contributed by atoms with Crippen molar-refractivity contribution in [3.05, 3.63) is 48.2 Å². The van der Waals surface area contributed by atoms with Crippen molar-refractivity contribution in [2.45, 2.75) is 6.18 Å². The second-order valence-corrected chi connectivity index (χ2v) is 4.25. The van der Waals surface area contributed by atoms with Gasteiger partial charge in [0.05, 0.1) is 17.3 Å². The molecule has 1 aromatic carbocycles. The molecule has 0 atom stereocenters. The number of carbonyl (C=O) groups is 1. The Morgan fingerprint density at radius 2 is 2.10 bits per heavy atom. The van der Waals surface area contributed by atoms with Gasteiger partial charge in [0.25, 0.3) is 5.91 Å². The Labute approximate surface area is 115 Å². The summed E-state index contributed by atoms with van der Waals surface area (Å²) in [6, 6.07) is 7.26. The summed E-state index contributed by atoms with van der Waals surface area (Å²) in [6.45, 7) is 0. The van der Waals surface area contributed by atoms with Crippen molar-refractivity contribution < 1.29 is 22.4 Å². The quantitative estimate of drug-likeness (QED) is 0.761. The van der Waals surface area contributed by atoms with E-state index in [0.29, 0.717) is 5.69 Å². The number of imidazole rings is 1. The SMILES string of the molecule is O=C(Nc1ccc2nc(C(F)(F)F)[nH]c2c1)c1ccco1. The van der Waals surface area contributed by atoms with E-state index < -0.39 is 17.9 Å². The molecule has 0 bridgehead atoms. The van der Waals surface area contributed by atoms with Crippen molar-refractivity contribution >= 4 is 22.6 Å². The minimum Gasteiger partial charge on any atom is -0.459 e. The van der Waals surface area contributed by atoms with Crippen molar-refractivity contribution in [3.8, 4) is 0 Å². The summed E-state index contributed by atoms with van der Waals surface area (Å²) in [5.74, 6) is -1.46. The highest BCUT2D eigenvalue weighted by Gasteiger charge is 2.34. The molecule has 2 N–H and O–H groups in total. The maximum absolute atomic E-state index is 12.5. The average Bonchev–Trinajstić information content (AvgIpc) is 3.06. The number of aromatic nitrogens is 2. The number of nitrogens with one attached hydrogen (secondary N) is 2. The molecule has 2 aromatic heterocycles. The van der Waals surface area contributed by atoms with E-state index in [2.05, 4.69) is 15.3 Å². The molecule has 0 spiro atoms. The molecule has 21 heavy (non-hydrogen) atoms.